The molecule has 0 spiro atoms. The smallest absolute Gasteiger partial charge is 0.229 e. The lowest BCUT2D eigenvalue weighted by atomic mass is 10.1. The predicted molar refractivity (Wildman–Crippen MR) is 134 cm³/mol. The molecule has 6 aromatic rings. The third-order valence-electron chi connectivity index (χ3n) is 5.56. The van der Waals surface area contributed by atoms with Crippen molar-refractivity contribution in [2.24, 2.45) is 0 Å². The number of imidazole rings is 1. The van der Waals surface area contributed by atoms with Gasteiger partial charge in [-0.1, -0.05) is 12.1 Å². The molecule has 0 amide bonds. The van der Waals surface area contributed by atoms with Crippen molar-refractivity contribution in [2.45, 2.75) is 0 Å². The number of aromatic amines is 2. The first-order valence-electron chi connectivity index (χ1n) is 10.7. The molecule has 0 atom stereocenters. The molecule has 3 N–H and O–H groups in total. The number of nitrogens with one attached hydrogen (secondary N) is 3. The maximum atomic E-state index is 13.4. The Hall–Kier alpha value is -4.71. The lowest BCUT2D eigenvalue weighted by Crippen LogP contribution is -2.09. The fourth-order valence-electron chi connectivity index (χ4n) is 3.99. The second kappa shape index (κ2) is 8.20. The van der Waals surface area contributed by atoms with E-state index in [2.05, 4.69) is 34.9 Å². The Labute approximate surface area is 203 Å². The van der Waals surface area contributed by atoms with Crippen LogP contribution in [0.25, 0.3) is 56.0 Å². The fourth-order valence-corrected chi connectivity index (χ4v) is 4.53. The molecule has 0 aliphatic carbocycles. The highest BCUT2D eigenvalue weighted by Crippen LogP contribution is 2.32. The molecule has 0 aliphatic rings. The summed E-state index contributed by atoms with van der Waals surface area (Å²) in [6.45, 7) is 0. The second-order valence-electron chi connectivity index (χ2n) is 8.18. The minimum Gasteiger partial charge on any atom is -0.321 e. The van der Waals surface area contributed by atoms with E-state index in [1.807, 2.05) is 12.1 Å². The van der Waals surface area contributed by atoms with Gasteiger partial charge in [0.05, 0.1) is 23.5 Å². The van der Waals surface area contributed by atoms with Crippen molar-refractivity contribution >= 4 is 37.9 Å². The van der Waals surface area contributed by atoms with Gasteiger partial charge in [0, 0.05) is 35.3 Å². The minimum atomic E-state index is -3.44. The highest BCUT2D eigenvalue weighted by molar-refractivity contribution is 7.92. The minimum absolute atomic E-state index is 0.314. The van der Waals surface area contributed by atoms with E-state index in [-0.39, 0.29) is 5.82 Å². The topological polar surface area (TPSA) is 142 Å². The first-order valence-corrected chi connectivity index (χ1v) is 12.6. The van der Waals surface area contributed by atoms with Crippen molar-refractivity contribution in [3.05, 3.63) is 73.1 Å². The number of H-pyrrole nitrogens is 2. The monoisotopic (exact) mass is 500 g/mol. The van der Waals surface area contributed by atoms with Gasteiger partial charge in [0.25, 0.3) is 0 Å². The van der Waals surface area contributed by atoms with Crippen molar-refractivity contribution in [3.8, 4) is 33.8 Å². The summed E-state index contributed by atoms with van der Waals surface area (Å²) >= 11 is 0. The zero-order valence-electron chi connectivity index (χ0n) is 18.7. The number of anilines is 1. The van der Waals surface area contributed by atoms with Crippen LogP contribution < -0.4 is 4.72 Å². The summed E-state index contributed by atoms with van der Waals surface area (Å²) in [5.74, 6) is 0.175. The number of nitrogens with zero attached hydrogens (tertiary/aromatic N) is 5. The van der Waals surface area contributed by atoms with Gasteiger partial charge in [-0.05, 0) is 35.9 Å². The number of aromatic nitrogens is 7. The van der Waals surface area contributed by atoms with Crippen LogP contribution in [0.4, 0.5) is 10.1 Å². The molecule has 0 radical (unpaired) electrons. The quantitative estimate of drug-likeness (QED) is 0.323. The predicted octanol–water partition coefficient (Wildman–Crippen LogP) is 4.14. The molecule has 0 saturated heterocycles. The lowest BCUT2D eigenvalue weighted by molar-refractivity contribution is 0.606. The van der Waals surface area contributed by atoms with E-state index < -0.39 is 10.0 Å². The van der Waals surface area contributed by atoms with E-state index in [0.29, 0.717) is 45.0 Å². The van der Waals surface area contributed by atoms with Crippen LogP contribution in [-0.2, 0) is 10.0 Å². The number of sulfonamides is 1. The lowest BCUT2D eigenvalue weighted by Gasteiger charge is -2.06. The molecule has 6 rings (SSSR count). The molecular weight excluding hydrogens is 483 g/mol. The van der Waals surface area contributed by atoms with Crippen LogP contribution in [0.1, 0.15) is 0 Å². The average molecular weight is 501 g/mol. The van der Waals surface area contributed by atoms with Crippen LogP contribution in [0, 0.1) is 5.82 Å². The Morgan fingerprint density at radius 1 is 0.917 bits per heavy atom. The van der Waals surface area contributed by atoms with Gasteiger partial charge < -0.3 is 4.98 Å². The van der Waals surface area contributed by atoms with Crippen molar-refractivity contribution in [1.29, 1.82) is 0 Å². The van der Waals surface area contributed by atoms with Gasteiger partial charge in [0.1, 0.15) is 17.0 Å². The number of fused-ring (bicyclic) bond motifs is 2. The van der Waals surface area contributed by atoms with Crippen LogP contribution in [-0.4, -0.2) is 49.8 Å². The van der Waals surface area contributed by atoms with Crippen molar-refractivity contribution < 1.29 is 12.8 Å². The number of hydrogen-bond donors (Lipinski definition) is 3. The number of benzene rings is 1. The Morgan fingerprint density at radius 3 is 2.53 bits per heavy atom. The molecule has 5 aromatic heterocycles. The average Bonchev–Trinajstić information content (AvgIpc) is 3.47. The van der Waals surface area contributed by atoms with Gasteiger partial charge in [-0.2, -0.15) is 5.10 Å². The molecule has 10 nitrogen and oxygen atoms in total. The second-order valence-corrected chi connectivity index (χ2v) is 9.93. The summed E-state index contributed by atoms with van der Waals surface area (Å²) < 4.78 is 39.0. The largest absolute Gasteiger partial charge is 0.321 e. The van der Waals surface area contributed by atoms with Crippen LogP contribution in [0.3, 0.4) is 0 Å². The maximum Gasteiger partial charge on any atom is 0.229 e. The summed E-state index contributed by atoms with van der Waals surface area (Å²) in [6.07, 6.45) is 7.44. The zero-order chi connectivity index (χ0) is 24.9. The van der Waals surface area contributed by atoms with Crippen molar-refractivity contribution in [3.63, 3.8) is 0 Å². The van der Waals surface area contributed by atoms with Crippen molar-refractivity contribution in [2.75, 3.05) is 11.0 Å². The van der Waals surface area contributed by atoms with Gasteiger partial charge in [-0.15, -0.1) is 0 Å². The third-order valence-corrected chi connectivity index (χ3v) is 6.16. The van der Waals surface area contributed by atoms with Crippen molar-refractivity contribution in [1.82, 2.24) is 35.1 Å². The molecule has 0 fully saturated rings. The van der Waals surface area contributed by atoms with Gasteiger partial charge in [-0.25, -0.2) is 27.8 Å². The molecule has 0 unspecified atom stereocenters. The number of hydrogen-bond acceptors (Lipinski definition) is 7. The van der Waals surface area contributed by atoms with E-state index >= 15 is 0 Å². The first-order chi connectivity index (χ1) is 17.3. The Bertz CT molecular complexity index is 1860. The van der Waals surface area contributed by atoms with Crippen LogP contribution in [0.15, 0.2) is 67.3 Å². The molecular formula is C24H17FN8O2S. The highest BCUT2D eigenvalue weighted by Gasteiger charge is 2.17. The van der Waals surface area contributed by atoms with Gasteiger partial charge in [-0.3, -0.25) is 14.8 Å². The summed E-state index contributed by atoms with van der Waals surface area (Å²) in [6, 6.07) is 11.6. The van der Waals surface area contributed by atoms with Gasteiger partial charge in [0.2, 0.25) is 10.0 Å². The SMILES string of the molecule is CS(=O)(=O)Nc1cncc(-c2cnc3[nH]nc(-c4nc5c(-c6ccc(F)cc6)ccnc5[nH]4)c3c2)c1. The highest BCUT2D eigenvalue weighted by atomic mass is 32.2. The molecule has 12 heteroatoms. The fraction of sp³-hybridized carbons (Fsp3) is 0.0417. The summed E-state index contributed by atoms with van der Waals surface area (Å²) in [7, 11) is -3.44. The summed E-state index contributed by atoms with van der Waals surface area (Å²) in [5, 5.41) is 8.03. The van der Waals surface area contributed by atoms with E-state index in [4.69, 9.17) is 4.98 Å². The van der Waals surface area contributed by atoms with E-state index in [1.54, 1.807) is 36.8 Å². The van der Waals surface area contributed by atoms with E-state index in [9.17, 15) is 12.8 Å². The Balaban J connectivity index is 1.44. The number of halogens is 1. The summed E-state index contributed by atoms with van der Waals surface area (Å²) in [5.41, 5.74) is 5.65. The van der Waals surface area contributed by atoms with Crippen LogP contribution in [0.2, 0.25) is 0 Å². The van der Waals surface area contributed by atoms with E-state index in [0.717, 1.165) is 22.9 Å². The maximum absolute atomic E-state index is 13.4. The number of rotatable bonds is 5. The molecule has 1 aromatic carbocycles. The first kappa shape index (κ1) is 21.8. The Morgan fingerprint density at radius 2 is 1.72 bits per heavy atom. The molecule has 178 valence electrons. The van der Waals surface area contributed by atoms with Crippen LogP contribution >= 0.6 is 0 Å². The normalized spacial score (nSPS) is 11.8. The summed E-state index contributed by atoms with van der Waals surface area (Å²) in [4.78, 5) is 20.9. The zero-order valence-corrected chi connectivity index (χ0v) is 19.5. The molecule has 5 heterocycles. The molecule has 0 bridgehead atoms. The van der Waals surface area contributed by atoms with Gasteiger partial charge in [0.15, 0.2) is 17.1 Å². The number of pyridine rings is 3. The van der Waals surface area contributed by atoms with Crippen LogP contribution in [0.5, 0.6) is 0 Å². The molecule has 0 aliphatic heterocycles. The third kappa shape index (κ3) is 4.03. The van der Waals surface area contributed by atoms with Gasteiger partial charge >= 0.3 is 0 Å². The molecule has 0 saturated carbocycles. The Kier molecular flexibility index (Phi) is 4.97. The standard InChI is InChI=1S/C24H17FN8O2S/c1-36(34,35)33-17-8-14(10-26-12-17)15-9-19-21(31-32-22(19)28-11-15)24-29-20-18(6-7-27-23(20)30-24)13-2-4-16(25)5-3-13/h2-12,33H,1H3,(H,27,29,30)(H,28,31,32). The molecule has 36 heavy (non-hydrogen) atoms. The van der Waals surface area contributed by atoms with E-state index in [1.165, 1.54) is 18.3 Å².